The Morgan fingerprint density at radius 3 is 2.54 bits per heavy atom. The van der Waals surface area contributed by atoms with Crippen LogP contribution < -0.4 is 0 Å². The van der Waals surface area contributed by atoms with Crippen molar-refractivity contribution in [1.29, 1.82) is 0 Å². The molecule has 146 valence electrons. The summed E-state index contributed by atoms with van der Waals surface area (Å²) >= 11 is 3.35. The van der Waals surface area contributed by atoms with Gasteiger partial charge in [0.25, 0.3) is 5.89 Å². The van der Waals surface area contributed by atoms with Gasteiger partial charge in [0, 0.05) is 24.1 Å². The van der Waals surface area contributed by atoms with Gasteiger partial charge in [-0.3, -0.25) is 0 Å². The number of sulfonamides is 1. The second-order valence-electron chi connectivity index (χ2n) is 5.90. The fourth-order valence-electron chi connectivity index (χ4n) is 2.23. The highest BCUT2D eigenvalue weighted by Crippen LogP contribution is 2.21. The molecule has 0 aliphatic carbocycles. The van der Waals surface area contributed by atoms with Crippen molar-refractivity contribution in [3.8, 4) is 11.5 Å². The zero-order valence-corrected chi connectivity index (χ0v) is 17.4. The quantitative estimate of drug-likeness (QED) is 0.515. The molecule has 1 aromatic heterocycles. The normalized spacial score (nSPS) is 11.6. The summed E-state index contributed by atoms with van der Waals surface area (Å²) in [5, 5.41) is 7.78. The average molecular weight is 466 g/mol. The van der Waals surface area contributed by atoms with Gasteiger partial charge < -0.3 is 9.15 Å². The van der Waals surface area contributed by atoms with Crippen LogP contribution in [0.15, 0.2) is 62.3 Å². The number of aromatic nitrogens is 2. The number of hydrogen-bond donors (Lipinski definition) is 0. The topological polar surface area (TPSA) is 103 Å². The zero-order chi connectivity index (χ0) is 20.3. The molecule has 0 atom stereocenters. The number of hydrogen-bond acceptors (Lipinski definition) is 7. The van der Waals surface area contributed by atoms with E-state index in [1.165, 1.54) is 38.4 Å². The van der Waals surface area contributed by atoms with Crippen molar-refractivity contribution in [2.24, 2.45) is 0 Å². The number of carbonyl (C=O) groups is 1. The lowest BCUT2D eigenvalue weighted by atomic mass is 10.2. The van der Waals surface area contributed by atoms with E-state index in [2.05, 4.69) is 26.1 Å². The molecule has 0 N–H and O–H groups in total. The van der Waals surface area contributed by atoms with Crippen LogP contribution in [0.2, 0.25) is 0 Å². The summed E-state index contributed by atoms with van der Waals surface area (Å²) in [5.41, 5.74) is 0.838. The number of ether oxygens (including phenoxy) is 1. The van der Waals surface area contributed by atoms with E-state index in [1.54, 1.807) is 0 Å². The molecule has 0 bridgehead atoms. The van der Waals surface area contributed by atoms with Gasteiger partial charge in [-0.2, -0.15) is 0 Å². The van der Waals surface area contributed by atoms with Gasteiger partial charge in [0.1, 0.15) is 0 Å². The molecular weight excluding hydrogens is 450 g/mol. The van der Waals surface area contributed by atoms with Gasteiger partial charge in [0.05, 0.1) is 10.5 Å². The van der Waals surface area contributed by atoms with E-state index < -0.39 is 16.0 Å². The number of carbonyl (C=O) groups excluding carboxylic acids is 1. The molecule has 3 rings (SSSR count). The maximum absolute atomic E-state index is 12.3. The Kier molecular flexibility index (Phi) is 5.92. The van der Waals surface area contributed by atoms with Crippen LogP contribution in [0.1, 0.15) is 16.2 Å². The summed E-state index contributed by atoms with van der Waals surface area (Å²) in [6.45, 7) is -0.229. The first-order chi connectivity index (χ1) is 13.3. The first-order valence-corrected chi connectivity index (χ1v) is 10.3. The molecule has 0 aliphatic rings. The number of esters is 1. The Hall–Kier alpha value is -2.56. The van der Waals surface area contributed by atoms with E-state index in [0.29, 0.717) is 5.89 Å². The summed E-state index contributed by atoms with van der Waals surface area (Å²) in [4.78, 5) is 12.3. The van der Waals surface area contributed by atoms with Gasteiger partial charge in [-0.25, -0.2) is 17.5 Å². The van der Waals surface area contributed by atoms with Crippen LogP contribution in [0, 0.1) is 0 Å². The van der Waals surface area contributed by atoms with Crippen LogP contribution in [0.25, 0.3) is 11.5 Å². The average Bonchev–Trinajstić information content (AvgIpc) is 3.15. The van der Waals surface area contributed by atoms with Crippen molar-refractivity contribution >= 4 is 31.9 Å². The molecule has 1 heterocycles. The minimum atomic E-state index is -3.65. The molecule has 28 heavy (non-hydrogen) atoms. The molecule has 0 amide bonds. The maximum atomic E-state index is 12.3. The van der Waals surface area contributed by atoms with Crippen LogP contribution >= 0.6 is 15.9 Å². The van der Waals surface area contributed by atoms with Gasteiger partial charge in [-0.1, -0.05) is 22.0 Å². The van der Waals surface area contributed by atoms with Crippen molar-refractivity contribution in [3.63, 3.8) is 0 Å². The third kappa shape index (κ3) is 4.46. The van der Waals surface area contributed by atoms with E-state index in [4.69, 9.17) is 9.15 Å². The van der Waals surface area contributed by atoms with Crippen molar-refractivity contribution < 1.29 is 22.4 Å². The van der Waals surface area contributed by atoms with Gasteiger partial charge >= 0.3 is 5.97 Å². The SMILES string of the molecule is CN(C)S(=O)(=O)c1cccc(C(=O)OCc2nnc(-c3ccc(Br)cc3)o2)c1. The molecule has 10 heteroatoms. The molecule has 0 radical (unpaired) electrons. The summed E-state index contributed by atoms with van der Waals surface area (Å²) in [7, 11) is -0.818. The lowest BCUT2D eigenvalue weighted by Gasteiger charge is -2.11. The highest BCUT2D eigenvalue weighted by Gasteiger charge is 2.19. The molecule has 0 saturated heterocycles. The lowest BCUT2D eigenvalue weighted by molar-refractivity contribution is 0.0438. The van der Waals surface area contributed by atoms with Crippen molar-refractivity contribution in [3.05, 3.63) is 64.5 Å². The second kappa shape index (κ2) is 8.21. The number of benzene rings is 2. The van der Waals surface area contributed by atoms with E-state index in [-0.39, 0.29) is 23.0 Å². The number of halogens is 1. The van der Waals surface area contributed by atoms with E-state index in [9.17, 15) is 13.2 Å². The highest BCUT2D eigenvalue weighted by atomic mass is 79.9. The highest BCUT2D eigenvalue weighted by molar-refractivity contribution is 9.10. The number of rotatable bonds is 6. The van der Waals surface area contributed by atoms with E-state index >= 15 is 0 Å². The monoisotopic (exact) mass is 465 g/mol. The second-order valence-corrected chi connectivity index (χ2v) is 8.97. The Balaban J connectivity index is 1.69. The van der Waals surface area contributed by atoms with Crippen molar-refractivity contribution in [2.75, 3.05) is 14.1 Å². The fraction of sp³-hybridized carbons (Fsp3) is 0.167. The first-order valence-electron chi connectivity index (χ1n) is 8.05. The molecular formula is C18H16BrN3O5S. The molecule has 2 aromatic carbocycles. The maximum Gasteiger partial charge on any atom is 0.338 e. The van der Waals surface area contributed by atoms with Crippen LogP contribution in [0.5, 0.6) is 0 Å². The van der Waals surface area contributed by atoms with Crippen molar-refractivity contribution in [2.45, 2.75) is 11.5 Å². The molecule has 8 nitrogen and oxygen atoms in total. The van der Waals surface area contributed by atoms with E-state index in [1.807, 2.05) is 24.3 Å². The standard InChI is InChI=1S/C18H16BrN3O5S/c1-22(2)28(24,25)15-5-3-4-13(10-15)18(23)26-11-16-20-21-17(27-16)12-6-8-14(19)9-7-12/h3-10H,11H2,1-2H3. The number of nitrogens with zero attached hydrogens (tertiary/aromatic N) is 3. The molecule has 0 fully saturated rings. The Morgan fingerprint density at radius 1 is 1.14 bits per heavy atom. The third-order valence-corrected chi connectivity index (χ3v) is 6.07. The fourth-order valence-corrected chi connectivity index (χ4v) is 3.44. The van der Waals surface area contributed by atoms with Gasteiger partial charge in [-0.05, 0) is 42.5 Å². The minimum absolute atomic E-state index is 0.00210. The Morgan fingerprint density at radius 2 is 1.86 bits per heavy atom. The molecule has 0 spiro atoms. The summed E-state index contributed by atoms with van der Waals surface area (Å²) in [5.74, 6) is -0.264. The molecule has 0 saturated carbocycles. The zero-order valence-electron chi connectivity index (χ0n) is 15.0. The Labute approximate surface area is 170 Å². The van der Waals surface area contributed by atoms with Gasteiger partial charge in [0.15, 0.2) is 6.61 Å². The third-order valence-electron chi connectivity index (χ3n) is 3.73. The molecule has 0 unspecified atom stereocenters. The minimum Gasteiger partial charge on any atom is -0.452 e. The summed E-state index contributed by atoms with van der Waals surface area (Å²) in [6, 6.07) is 12.9. The molecule has 0 aliphatic heterocycles. The van der Waals surface area contributed by atoms with Crippen LogP contribution in [-0.4, -0.2) is 43.0 Å². The van der Waals surface area contributed by atoms with Gasteiger partial charge in [0.2, 0.25) is 15.9 Å². The van der Waals surface area contributed by atoms with Gasteiger partial charge in [-0.15, -0.1) is 10.2 Å². The predicted molar refractivity (Wildman–Crippen MR) is 104 cm³/mol. The first kappa shape index (κ1) is 20.2. The van der Waals surface area contributed by atoms with Crippen LogP contribution in [0.4, 0.5) is 0 Å². The smallest absolute Gasteiger partial charge is 0.338 e. The summed E-state index contributed by atoms with van der Waals surface area (Å²) in [6.07, 6.45) is 0. The largest absolute Gasteiger partial charge is 0.452 e. The summed E-state index contributed by atoms with van der Waals surface area (Å²) < 4.78 is 37.0. The molecule has 3 aromatic rings. The van der Waals surface area contributed by atoms with Crippen LogP contribution in [-0.2, 0) is 21.4 Å². The lowest BCUT2D eigenvalue weighted by Crippen LogP contribution is -2.22. The van der Waals surface area contributed by atoms with Crippen molar-refractivity contribution in [1.82, 2.24) is 14.5 Å². The predicted octanol–water partition coefficient (Wildman–Crippen LogP) is 3.11. The van der Waals surface area contributed by atoms with Crippen LogP contribution in [0.3, 0.4) is 0 Å². The Bertz CT molecular complexity index is 1090. The van der Waals surface area contributed by atoms with E-state index in [0.717, 1.165) is 14.3 Å².